The van der Waals surface area contributed by atoms with Crippen LogP contribution in [0, 0.1) is 11.8 Å². The molecule has 0 amide bonds. The van der Waals surface area contributed by atoms with Crippen LogP contribution in [-0.4, -0.2) is 75.9 Å². The van der Waals surface area contributed by atoms with E-state index in [4.69, 9.17) is 31.5 Å². The van der Waals surface area contributed by atoms with E-state index >= 15 is 0 Å². The van der Waals surface area contributed by atoms with Crippen molar-refractivity contribution < 1.29 is 17.6 Å². The van der Waals surface area contributed by atoms with Crippen molar-refractivity contribution in [2.75, 3.05) is 57.2 Å². The van der Waals surface area contributed by atoms with Gasteiger partial charge in [-0.05, 0) is 43.2 Å². The second-order valence-corrected chi connectivity index (χ2v) is 13.4. The summed E-state index contributed by atoms with van der Waals surface area (Å²) in [7, 11) is 2.05. The van der Waals surface area contributed by atoms with Crippen molar-refractivity contribution in [2.45, 2.75) is 32.2 Å². The molecule has 2 N–H and O–H groups in total. The first-order valence-corrected chi connectivity index (χ1v) is 14.9. The van der Waals surface area contributed by atoms with Crippen LogP contribution in [0.25, 0.3) is 11.5 Å². The highest BCUT2D eigenvalue weighted by molar-refractivity contribution is 7.90. The molecule has 3 atom stereocenters. The standard InChI is InChI=1S/C27H38ClN7O4S/c1-18-14-20(18)17-35(12-13-38-6)22-15-21(23(28)24(30-22)34(5)40(36,37)33(3)4)25-31-32-26(39-25)27(2,29)16-19-10-8-7-9-11-19/h7-11,15,18,20H,12-14,16-17,29H2,1-6H3. The lowest BCUT2D eigenvalue weighted by molar-refractivity contribution is 0.204. The van der Waals surface area contributed by atoms with Crippen molar-refractivity contribution in [1.82, 2.24) is 19.5 Å². The number of ether oxygens (including phenoxy) is 1. The number of aromatic nitrogens is 3. The van der Waals surface area contributed by atoms with Gasteiger partial charge in [0.15, 0.2) is 5.82 Å². The molecule has 0 saturated heterocycles. The van der Waals surface area contributed by atoms with Crippen LogP contribution in [0.2, 0.25) is 5.02 Å². The summed E-state index contributed by atoms with van der Waals surface area (Å²) < 4.78 is 39.8. The number of hydrogen-bond donors (Lipinski definition) is 1. The fourth-order valence-electron chi connectivity index (χ4n) is 4.48. The molecule has 11 nitrogen and oxygen atoms in total. The Balaban J connectivity index is 1.79. The summed E-state index contributed by atoms with van der Waals surface area (Å²) in [6.45, 7) is 5.81. The highest BCUT2D eigenvalue weighted by atomic mass is 35.5. The van der Waals surface area contributed by atoms with Crippen LogP contribution in [0.5, 0.6) is 0 Å². The fraction of sp³-hybridized carbons (Fsp3) is 0.519. The van der Waals surface area contributed by atoms with E-state index in [1.54, 1.807) is 13.2 Å². The highest BCUT2D eigenvalue weighted by Gasteiger charge is 2.36. The van der Waals surface area contributed by atoms with E-state index in [1.807, 2.05) is 37.3 Å². The van der Waals surface area contributed by atoms with E-state index in [2.05, 4.69) is 22.0 Å². The van der Waals surface area contributed by atoms with Gasteiger partial charge in [-0.2, -0.15) is 12.7 Å². The zero-order chi connectivity index (χ0) is 29.2. The quantitative estimate of drug-likeness (QED) is 0.317. The first kappa shape index (κ1) is 30.2. The number of benzene rings is 1. The molecule has 2 aromatic heterocycles. The molecule has 0 aliphatic heterocycles. The van der Waals surface area contributed by atoms with Gasteiger partial charge in [-0.15, -0.1) is 10.2 Å². The Morgan fingerprint density at radius 2 is 1.88 bits per heavy atom. The van der Waals surface area contributed by atoms with E-state index in [0.29, 0.717) is 42.8 Å². The second-order valence-electron chi connectivity index (χ2n) is 10.8. The average molecular weight is 592 g/mol. The van der Waals surface area contributed by atoms with Crippen LogP contribution in [-0.2, 0) is 26.9 Å². The predicted molar refractivity (Wildman–Crippen MR) is 157 cm³/mol. The van der Waals surface area contributed by atoms with Gasteiger partial charge in [0.2, 0.25) is 11.8 Å². The summed E-state index contributed by atoms with van der Waals surface area (Å²) in [5, 5.41) is 8.59. The molecule has 1 aliphatic rings. The van der Waals surface area contributed by atoms with Gasteiger partial charge in [0.05, 0.1) is 22.7 Å². The molecule has 0 radical (unpaired) electrons. The van der Waals surface area contributed by atoms with Crippen LogP contribution in [0.15, 0.2) is 40.8 Å². The predicted octanol–water partition coefficient (Wildman–Crippen LogP) is 3.55. The van der Waals surface area contributed by atoms with Crippen LogP contribution < -0.4 is 14.9 Å². The smallest absolute Gasteiger partial charge is 0.304 e. The number of pyridine rings is 1. The lowest BCUT2D eigenvalue weighted by atomic mass is 9.94. The zero-order valence-corrected chi connectivity index (χ0v) is 25.4. The van der Waals surface area contributed by atoms with E-state index in [0.717, 1.165) is 27.1 Å². The van der Waals surface area contributed by atoms with Gasteiger partial charge in [0.25, 0.3) is 0 Å². The molecule has 2 heterocycles. The molecule has 4 rings (SSSR count). The van der Waals surface area contributed by atoms with E-state index in [9.17, 15) is 8.42 Å². The Morgan fingerprint density at radius 1 is 1.20 bits per heavy atom. The molecule has 40 heavy (non-hydrogen) atoms. The number of hydrogen-bond acceptors (Lipinski definition) is 9. The molecule has 218 valence electrons. The summed E-state index contributed by atoms with van der Waals surface area (Å²) in [6, 6.07) is 11.6. The molecule has 1 aliphatic carbocycles. The van der Waals surface area contributed by atoms with Crippen molar-refractivity contribution in [1.29, 1.82) is 0 Å². The first-order chi connectivity index (χ1) is 18.8. The molecule has 1 saturated carbocycles. The molecular weight excluding hydrogens is 554 g/mol. The topological polar surface area (TPSA) is 131 Å². The van der Waals surface area contributed by atoms with Crippen molar-refractivity contribution in [3.63, 3.8) is 0 Å². The van der Waals surface area contributed by atoms with Gasteiger partial charge in [0.1, 0.15) is 5.82 Å². The highest BCUT2D eigenvalue weighted by Crippen LogP contribution is 2.41. The largest absolute Gasteiger partial charge is 0.419 e. The van der Waals surface area contributed by atoms with Crippen molar-refractivity contribution in [2.24, 2.45) is 17.6 Å². The van der Waals surface area contributed by atoms with Crippen molar-refractivity contribution >= 4 is 33.4 Å². The van der Waals surface area contributed by atoms with Crippen LogP contribution in [0.4, 0.5) is 11.6 Å². The van der Waals surface area contributed by atoms with Gasteiger partial charge < -0.3 is 19.8 Å². The van der Waals surface area contributed by atoms with Crippen molar-refractivity contribution in [3.05, 3.63) is 52.9 Å². The minimum Gasteiger partial charge on any atom is -0.419 e. The monoisotopic (exact) mass is 591 g/mol. The average Bonchev–Trinajstić information content (AvgIpc) is 3.37. The molecule has 1 fully saturated rings. The molecular formula is C27H38ClN7O4S. The van der Waals surface area contributed by atoms with Gasteiger partial charge in [0, 0.05) is 41.3 Å². The zero-order valence-electron chi connectivity index (χ0n) is 23.8. The summed E-state index contributed by atoms with van der Waals surface area (Å²) >= 11 is 6.84. The molecule has 0 spiro atoms. The van der Waals surface area contributed by atoms with Gasteiger partial charge >= 0.3 is 10.2 Å². The van der Waals surface area contributed by atoms with E-state index in [1.165, 1.54) is 21.1 Å². The Bertz CT molecular complexity index is 1420. The number of rotatable bonds is 13. The maximum absolute atomic E-state index is 13.1. The maximum atomic E-state index is 13.1. The Morgan fingerprint density at radius 3 is 2.48 bits per heavy atom. The Hall–Kier alpha value is -2.77. The lowest BCUT2D eigenvalue weighted by Gasteiger charge is -2.28. The molecule has 1 aromatic carbocycles. The molecule has 13 heteroatoms. The van der Waals surface area contributed by atoms with Gasteiger partial charge in [-0.1, -0.05) is 48.9 Å². The maximum Gasteiger partial charge on any atom is 0.304 e. The Labute approximate surface area is 241 Å². The number of methoxy groups -OCH3 is 1. The van der Waals surface area contributed by atoms with Crippen molar-refractivity contribution in [3.8, 4) is 11.5 Å². The van der Waals surface area contributed by atoms with Crippen LogP contribution in [0.1, 0.15) is 31.7 Å². The third-order valence-electron chi connectivity index (χ3n) is 7.21. The SMILES string of the molecule is COCCN(CC1CC1C)c1cc(-c2nnc(C(C)(N)Cc3ccccc3)o2)c(Cl)c(N(C)S(=O)(=O)N(C)C)n1. The minimum absolute atomic E-state index is 0.0497. The molecule has 0 bridgehead atoms. The van der Waals surface area contributed by atoms with Gasteiger partial charge in [-0.3, -0.25) is 0 Å². The number of anilines is 2. The summed E-state index contributed by atoms with van der Waals surface area (Å²) in [4.78, 5) is 6.80. The number of nitrogens with zero attached hydrogens (tertiary/aromatic N) is 6. The second kappa shape index (κ2) is 12.0. The normalized spacial score (nSPS) is 18.5. The minimum atomic E-state index is -3.89. The third kappa shape index (κ3) is 6.58. The summed E-state index contributed by atoms with van der Waals surface area (Å²) in [5.74, 6) is 2.06. The lowest BCUT2D eigenvalue weighted by Crippen LogP contribution is -2.38. The van der Waals surface area contributed by atoms with E-state index < -0.39 is 15.7 Å². The van der Waals surface area contributed by atoms with E-state index in [-0.39, 0.29) is 22.6 Å². The molecule has 3 aromatic rings. The van der Waals surface area contributed by atoms with Crippen LogP contribution in [0.3, 0.4) is 0 Å². The number of nitrogens with two attached hydrogens (primary N) is 1. The van der Waals surface area contributed by atoms with Crippen LogP contribution >= 0.6 is 11.6 Å². The molecule has 3 unspecified atom stereocenters. The summed E-state index contributed by atoms with van der Waals surface area (Å²) in [5.41, 5.74) is 7.06. The van der Waals surface area contributed by atoms with Gasteiger partial charge in [-0.25, -0.2) is 9.29 Å². The third-order valence-corrected chi connectivity index (χ3v) is 9.37. The fourth-order valence-corrected chi connectivity index (χ4v) is 5.67. The first-order valence-electron chi connectivity index (χ1n) is 13.1. The number of halogens is 1. The Kier molecular flexibility index (Phi) is 9.05. The summed E-state index contributed by atoms with van der Waals surface area (Å²) in [6.07, 6.45) is 1.60.